The quantitative estimate of drug-likeness (QED) is 0.867. The van der Waals surface area contributed by atoms with Crippen LogP contribution in [0.2, 0.25) is 0 Å². The van der Waals surface area contributed by atoms with E-state index < -0.39 is 0 Å². The Hall–Kier alpha value is -1.40. The van der Waals surface area contributed by atoms with Gasteiger partial charge in [0.25, 0.3) is 11.1 Å². The molecule has 18 heavy (non-hydrogen) atoms. The Balaban J connectivity index is 2.41. The van der Waals surface area contributed by atoms with Crippen molar-refractivity contribution >= 4 is 22.9 Å². The lowest BCUT2D eigenvalue weighted by Gasteiger charge is -2.05. The minimum atomic E-state index is -0.249. The molecule has 0 aliphatic carbocycles. The highest BCUT2D eigenvalue weighted by atomic mass is 35.5. The zero-order valence-corrected chi connectivity index (χ0v) is 11.6. The van der Waals surface area contributed by atoms with Crippen LogP contribution in [-0.4, -0.2) is 14.8 Å². The predicted molar refractivity (Wildman–Crippen MR) is 71.6 cm³/mol. The van der Waals surface area contributed by atoms with Crippen LogP contribution in [0.5, 0.6) is 0 Å². The summed E-state index contributed by atoms with van der Waals surface area (Å²) in [6, 6.07) is 0. The molecule has 0 aromatic carbocycles. The van der Waals surface area contributed by atoms with Gasteiger partial charge in [-0.3, -0.25) is 14.7 Å². The molecule has 0 bridgehead atoms. The molecule has 1 N–H and O–H groups in total. The molecule has 2 aromatic rings. The van der Waals surface area contributed by atoms with Crippen molar-refractivity contribution in [1.82, 2.24) is 14.8 Å². The largest absolute Gasteiger partial charge is 0.268 e. The Morgan fingerprint density at radius 2 is 2.11 bits per heavy atom. The maximum absolute atomic E-state index is 12.0. The van der Waals surface area contributed by atoms with Crippen molar-refractivity contribution in [2.75, 3.05) is 0 Å². The van der Waals surface area contributed by atoms with Crippen LogP contribution in [0.4, 0.5) is 0 Å². The number of H-pyrrole nitrogens is 1. The van der Waals surface area contributed by atoms with E-state index in [1.807, 2.05) is 5.38 Å². The SMILES string of the molecule is Cc1c(C)c(=O)n(Cc2nc(CCl)cs2)[nH]c1=O. The molecular weight excluding hydrogens is 274 g/mol. The fourth-order valence-corrected chi connectivity index (χ4v) is 2.53. The van der Waals surface area contributed by atoms with E-state index in [0.29, 0.717) is 17.0 Å². The molecule has 2 aromatic heterocycles. The average molecular weight is 286 g/mol. The zero-order valence-electron chi connectivity index (χ0n) is 9.99. The molecule has 0 saturated heterocycles. The third-order valence-corrected chi connectivity index (χ3v) is 3.89. The van der Waals surface area contributed by atoms with Gasteiger partial charge in [0.05, 0.1) is 18.1 Å². The van der Waals surface area contributed by atoms with Gasteiger partial charge in [0.2, 0.25) is 0 Å². The van der Waals surface area contributed by atoms with E-state index in [9.17, 15) is 9.59 Å². The van der Waals surface area contributed by atoms with Crippen molar-refractivity contribution in [2.24, 2.45) is 0 Å². The first kappa shape index (κ1) is 13.0. The molecule has 96 valence electrons. The number of aromatic amines is 1. The summed E-state index contributed by atoms with van der Waals surface area (Å²) in [6.45, 7) is 3.54. The van der Waals surface area contributed by atoms with E-state index in [-0.39, 0.29) is 17.7 Å². The third kappa shape index (κ3) is 2.39. The summed E-state index contributed by atoms with van der Waals surface area (Å²) in [4.78, 5) is 27.8. The van der Waals surface area contributed by atoms with Gasteiger partial charge in [-0.1, -0.05) is 0 Å². The van der Waals surface area contributed by atoms with Gasteiger partial charge >= 0.3 is 0 Å². The van der Waals surface area contributed by atoms with Gasteiger partial charge in [-0.15, -0.1) is 22.9 Å². The number of thiazole rings is 1. The Bertz CT molecular complexity index is 686. The lowest BCUT2D eigenvalue weighted by molar-refractivity contribution is 0.615. The molecular formula is C11H12ClN3O2S. The predicted octanol–water partition coefficient (Wildman–Crippen LogP) is 1.40. The van der Waals surface area contributed by atoms with Gasteiger partial charge in [-0.25, -0.2) is 9.67 Å². The van der Waals surface area contributed by atoms with Gasteiger partial charge in [-0.05, 0) is 13.8 Å². The summed E-state index contributed by atoms with van der Waals surface area (Å²) in [7, 11) is 0. The van der Waals surface area contributed by atoms with Crippen molar-refractivity contribution in [3.63, 3.8) is 0 Å². The highest BCUT2D eigenvalue weighted by Gasteiger charge is 2.09. The smallest absolute Gasteiger partial charge is 0.268 e. The number of hydrogen-bond donors (Lipinski definition) is 1. The second-order valence-electron chi connectivity index (χ2n) is 3.95. The van der Waals surface area contributed by atoms with Crippen molar-refractivity contribution in [3.8, 4) is 0 Å². The van der Waals surface area contributed by atoms with Crippen LogP contribution in [0.15, 0.2) is 15.0 Å². The number of nitrogens with one attached hydrogen (secondary N) is 1. The standard InChI is InChI=1S/C11H12ClN3O2S/c1-6-7(2)11(17)15(14-10(6)16)4-9-13-8(3-12)5-18-9/h5H,3-4H2,1-2H3,(H,14,16). The molecule has 0 aliphatic heterocycles. The fourth-order valence-electron chi connectivity index (χ4n) is 1.52. The van der Waals surface area contributed by atoms with Crippen LogP contribution >= 0.6 is 22.9 Å². The maximum Gasteiger partial charge on any atom is 0.268 e. The Morgan fingerprint density at radius 1 is 1.39 bits per heavy atom. The van der Waals surface area contributed by atoms with Crippen LogP contribution in [0.1, 0.15) is 21.8 Å². The number of hydrogen-bond acceptors (Lipinski definition) is 4. The number of nitrogens with zero attached hydrogens (tertiary/aromatic N) is 2. The van der Waals surface area contributed by atoms with Crippen molar-refractivity contribution in [2.45, 2.75) is 26.3 Å². The summed E-state index contributed by atoms with van der Waals surface area (Å²) in [5.41, 5.74) is 1.25. The van der Waals surface area contributed by atoms with Gasteiger partial charge in [0.15, 0.2) is 0 Å². The monoisotopic (exact) mass is 285 g/mol. The normalized spacial score (nSPS) is 10.8. The average Bonchev–Trinajstić information content (AvgIpc) is 2.81. The molecule has 0 spiro atoms. The minimum absolute atomic E-state index is 0.199. The number of rotatable bonds is 3. The number of alkyl halides is 1. The summed E-state index contributed by atoms with van der Waals surface area (Å²) >= 11 is 7.08. The maximum atomic E-state index is 12.0. The van der Waals surface area contributed by atoms with Crippen LogP contribution in [-0.2, 0) is 12.4 Å². The van der Waals surface area contributed by atoms with E-state index in [2.05, 4.69) is 10.1 Å². The van der Waals surface area contributed by atoms with Crippen molar-refractivity contribution < 1.29 is 0 Å². The van der Waals surface area contributed by atoms with Crippen molar-refractivity contribution in [1.29, 1.82) is 0 Å². The Labute approximate surface area is 112 Å². The molecule has 0 amide bonds. The Morgan fingerprint density at radius 3 is 2.72 bits per heavy atom. The minimum Gasteiger partial charge on any atom is -0.268 e. The molecule has 2 rings (SSSR count). The summed E-state index contributed by atoms with van der Waals surface area (Å²) in [5, 5.41) is 5.12. The van der Waals surface area contributed by atoms with E-state index in [1.165, 1.54) is 16.0 Å². The third-order valence-electron chi connectivity index (χ3n) is 2.74. The van der Waals surface area contributed by atoms with Crippen LogP contribution in [0, 0.1) is 13.8 Å². The topological polar surface area (TPSA) is 67.8 Å². The molecule has 0 atom stereocenters. The Kier molecular flexibility index (Phi) is 3.68. The zero-order chi connectivity index (χ0) is 13.3. The molecule has 0 saturated carbocycles. The van der Waals surface area contributed by atoms with E-state index in [4.69, 9.17) is 11.6 Å². The van der Waals surface area contributed by atoms with Gasteiger partial charge in [0.1, 0.15) is 5.01 Å². The van der Waals surface area contributed by atoms with E-state index in [1.54, 1.807) is 13.8 Å². The molecule has 0 aliphatic rings. The second kappa shape index (κ2) is 5.07. The van der Waals surface area contributed by atoms with Crippen LogP contribution in [0.25, 0.3) is 0 Å². The molecule has 7 heteroatoms. The molecule has 0 radical (unpaired) electrons. The molecule has 0 unspecified atom stereocenters. The van der Waals surface area contributed by atoms with E-state index in [0.717, 1.165) is 10.7 Å². The summed E-state index contributed by atoms with van der Waals surface area (Å²) < 4.78 is 1.28. The lowest BCUT2D eigenvalue weighted by atomic mass is 10.2. The second-order valence-corrected chi connectivity index (χ2v) is 5.16. The van der Waals surface area contributed by atoms with Crippen LogP contribution in [0.3, 0.4) is 0 Å². The summed E-state index contributed by atoms with van der Waals surface area (Å²) in [6.07, 6.45) is 0. The fraction of sp³-hybridized carbons (Fsp3) is 0.364. The molecule has 5 nitrogen and oxygen atoms in total. The van der Waals surface area contributed by atoms with E-state index >= 15 is 0 Å². The molecule has 0 fully saturated rings. The van der Waals surface area contributed by atoms with Gasteiger partial charge in [0, 0.05) is 16.5 Å². The summed E-state index contributed by atoms with van der Waals surface area (Å²) in [5.74, 6) is 0.342. The first-order valence-corrected chi connectivity index (χ1v) is 6.74. The lowest BCUT2D eigenvalue weighted by Crippen LogP contribution is -2.33. The van der Waals surface area contributed by atoms with Crippen molar-refractivity contribution in [3.05, 3.63) is 47.9 Å². The highest BCUT2D eigenvalue weighted by molar-refractivity contribution is 7.09. The van der Waals surface area contributed by atoms with Gasteiger partial charge < -0.3 is 0 Å². The molecule has 2 heterocycles. The van der Waals surface area contributed by atoms with Crippen LogP contribution < -0.4 is 11.1 Å². The first-order valence-electron chi connectivity index (χ1n) is 5.32. The van der Waals surface area contributed by atoms with Gasteiger partial charge in [-0.2, -0.15) is 0 Å². The number of halogens is 1. The first-order chi connectivity index (χ1) is 8.52. The number of aromatic nitrogens is 3. The highest BCUT2D eigenvalue weighted by Crippen LogP contribution is 2.11.